The van der Waals surface area contributed by atoms with Crippen LogP contribution in [0.25, 0.3) is 0 Å². The van der Waals surface area contributed by atoms with Crippen molar-refractivity contribution in [1.29, 1.82) is 0 Å². The minimum Gasteiger partial charge on any atom is -0.455 e. The Kier molecular flexibility index (Phi) is 10.9. The summed E-state index contributed by atoms with van der Waals surface area (Å²) in [6.45, 7) is 16.7. The first kappa shape index (κ1) is 44.1. The van der Waals surface area contributed by atoms with Crippen molar-refractivity contribution in [2.45, 2.75) is 205 Å². The van der Waals surface area contributed by atoms with Crippen LogP contribution in [0.2, 0.25) is 0 Å². The zero-order valence-corrected chi connectivity index (χ0v) is 36.3. The molecule has 0 aromatic carbocycles. The minimum absolute atomic E-state index is 0.0659. The van der Waals surface area contributed by atoms with E-state index in [4.69, 9.17) is 33.2 Å². The zero-order chi connectivity index (χ0) is 43.0. The van der Waals surface area contributed by atoms with Gasteiger partial charge in [0.05, 0.1) is 48.8 Å². The van der Waals surface area contributed by atoms with Gasteiger partial charge in [0.15, 0.2) is 24.8 Å². The number of hydrogen-bond acceptors (Lipinski definition) is 15. The Balaban J connectivity index is 1.13. The number of hydrogen-bond donors (Lipinski definition) is 6. The van der Waals surface area contributed by atoms with E-state index in [2.05, 4.69) is 34.6 Å². The maximum Gasteiger partial charge on any atom is 0.303 e. The van der Waals surface area contributed by atoms with Gasteiger partial charge < -0.3 is 63.8 Å². The monoisotopic (exact) mass is 838 g/mol. The van der Waals surface area contributed by atoms with E-state index in [0.29, 0.717) is 25.7 Å². The van der Waals surface area contributed by atoms with Crippen LogP contribution in [0.5, 0.6) is 0 Å². The predicted molar refractivity (Wildman–Crippen MR) is 207 cm³/mol. The second-order valence-corrected chi connectivity index (χ2v) is 21.8. The topological polar surface area (TPSA) is 220 Å². The lowest BCUT2D eigenvalue weighted by atomic mass is 9.41. The van der Waals surface area contributed by atoms with Crippen LogP contribution in [0.1, 0.15) is 120 Å². The molecule has 0 aromatic rings. The molecule has 59 heavy (non-hydrogen) atoms. The van der Waals surface area contributed by atoms with Crippen LogP contribution in [-0.4, -0.2) is 141 Å². The van der Waals surface area contributed by atoms with Crippen molar-refractivity contribution in [3.63, 3.8) is 0 Å². The number of ether oxygens (including phenoxy) is 7. The van der Waals surface area contributed by atoms with Crippen LogP contribution in [0.3, 0.4) is 0 Å². The molecule has 2 spiro atoms. The van der Waals surface area contributed by atoms with E-state index in [9.17, 15) is 40.2 Å². The molecule has 0 radical (unpaired) electrons. The molecule has 5 saturated carbocycles. The third-order valence-electron chi connectivity index (χ3n) is 17.8. The molecule has 3 saturated heterocycles. The Bertz CT molecular complexity index is 1630. The van der Waals surface area contributed by atoms with Gasteiger partial charge in [-0.1, -0.05) is 27.7 Å². The van der Waals surface area contributed by atoms with E-state index in [1.165, 1.54) is 13.8 Å². The van der Waals surface area contributed by atoms with Crippen LogP contribution in [0.15, 0.2) is 0 Å². The molecule has 5 aliphatic carbocycles. The third kappa shape index (κ3) is 6.60. The van der Waals surface area contributed by atoms with Crippen molar-refractivity contribution in [2.75, 3.05) is 13.2 Å². The summed E-state index contributed by atoms with van der Waals surface area (Å²) in [6, 6.07) is 0. The molecule has 0 unspecified atom stereocenters. The van der Waals surface area contributed by atoms with E-state index in [1.807, 2.05) is 0 Å². The summed E-state index contributed by atoms with van der Waals surface area (Å²) in [6.07, 6.45) is -5.24. The summed E-state index contributed by atoms with van der Waals surface area (Å²) in [5, 5.41) is 66.3. The average Bonchev–Trinajstić information content (AvgIpc) is 3.49. The number of carbonyl (C=O) groups excluding carboxylic acids is 2. The van der Waals surface area contributed by atoms with Crippen molar-refractivity contribution in [2.24, 2.45) is 44.8 Å². The normalized spacial score (nSPS) is 54.0. The number of rotatable bonds is 8. The number of aliphatic hydroxyl groups excluding tert-OH is 5. The van der Waals surface area contributed by atoms with Gasteiger partial charge in [-0.3, -0.25) is 9.59 Å². The van der Waals surface area contributed by atoms with Crippen LogP contribution >= 0.6 is 0 Å². The first-order valence-electron chi connectivity index (χ1n) is 22.0. The van der Waals surface area contributed by atoms with Gasteiger partial charge in [-0.2, -0.15) is 0 Å². The fraction of sp³-hybridized carbons (Fsp3) is 0.955. The van der Waals surface area contributed by atoms with Crippen LogP contribution < -0.4 is 0 Å². The maximum atomic E-state index is 12.3. The Morgan fingerprint density at radius 2 is 1.34 bits per heavy atom. The first-order valence-corrected chi connectivity index (χ1v) is 22.0. The predicted octanol–water partition coefficient (Wildman–Crippen LogP) is 2.50. The Labute approximate surface area is 347 Å². The van der Waals surface area contributed by atoms with Crippen molar-refractivity contribution < 1.29 is 73.4 Å². The number of fused-ring (bicyclic) bond motifs is 2. The maximum absolute atomic E-state index is 12.3. The summed E-state index contributed by atoms with van der Waals surface area (Å²) in [7, 11) is 0. The molecule has 0 amide bonds. The van der Waals surface area contributed by atoms with Crippen LogP contribution in [0, 0.1) is 44.8 Å². The lowest BCUT2D eigenvalue weighted by molar-refractivity contribution is -0.327. The largest absolute Gasteiger partial charge is 0.455 e. The summed E-state index contributed by atoms with van der Waals surface area (Å²) in [5.74, 6) is -1.47. The van der Waals surface area contributed by atoms with Crippen molar-refractivity contribution >= 4 is 11.9 Å². The van der Waals surface area contributed by atoms with E-state index >= 15 is 0 Å². The second kappa shape index (κ2) is 14.5. The van der Waals surface area contributed by atoms with Crippen molar-refractivity contribution in [1.82, 2.24) is 0 Å². The lowest BCUT2D eigenvalue weighted by Crippen LogP contribution is -2.65. The Morgan fingerprint density at radius 3 is 1.98 bits per heavy atom. The van der Waals surface area contributed by atoms with Gasteiger partial charge in [0.25, 0.3) is 0 Å². The molecule has 6 N–H and O–H groups in total. The number of aliphatic hydroxyl groups is 6. The third-order valence-corrected chi connectivity index (χ3v) is 17.8. The summed E-state index contributed by atoms with van der Waals surface area (Å²) in [4.78, 5) is 24.4. The van der Waals surface area contributed by atoms with Gasteiger partial charge in [0, 0.05) is 19.8 Å². The standard InChI is InChI=1S/C44H70O15/c1-21(45)55-32-25(49)19-54-37(33(32)56-22(2)46)58-28-11-13-44-20-43(44)15-14-40(7)34(42(9)12-10-29(59-42)39(5,6)52)23(47)17-41(40,8)27(43)16-26(35(44)38(28,3)4)57-36-31(51)30(50)24(48)18-53-36/h23-37,47-52H,10-20H2,1-9H3/t23-,24-,25+,26-,27-,28+,29-,30-,31-,32+,33-,34+,35-,36-,37+,40+,41-,42-,43-,44+/m0/s1. The van der Waals surface area contributed by atoms with Gasteiger partial charge in [-0.05, 0) is 117 Å². The van der Waals surface area contributed by atoms with Gasteiger partial charge >= 0.3 is 11.9 Å². The van der Waals surface area contributed by atoms with Gasteiger partial charge in [0.2, 0.25) is 0 Å². The summed E-state index contributed by atoms with van der Waals surface area (Å²) < 4.78 is 43.5. The van der Waals surface area contributed by atoms with Gasteiger partial charge in [-0.25, -0.2) is 0 Å². The highest BCUT2D eigenvalue weighted by Crippen LogP contribution is 2.89. The van der Waals surface area contributed by atoms with Crippen LogP contribution in [0.4, 0.5) is 0 Å². The molecule has 15 nitrogen and oxygen atoms in total. The molecule has 0 aromatic heterocycles. The Hall–Kier alpha value is -1.50. The average molecular weight is 839 g/mol. The molecule has 3 aliphatic heterocycles. The fourth-order valence-electron chi connectivity index (χ4n) is 15.2. The van der Waals surface area contributed by atoms with Crippen LogP contribution in [-0.2, 0) is 42.7 Å². The molecule has 15 heteroatoms. The number of carbonyl (C=O) groups is 2. The lowest BCUT2D eigenvalue weighted by Gasteiger charge is -2.65. The van der Waals surface area contributed by atoms with E-state index in [-0.39, 0.29) is 58.7 Å². The van der Waals surface area contributed by atoms with E-state index in [1.54, 1.807) is 13.8 Å². The second-order valence-electron chi connectivity index (χ2n) is 21.8. The quantitative estimate of drug-likeness (QED) is 0.153. The van der Waals surface area contributed by atoms with Gasteiger partial charge in [0.1, 0.15) is 24.4 Å². The van der Waals surface area contributed by atoms with E-state index in [0.717, 1.165) is 32.1 Å². The molecular formula is C44H70O15. The minimum atomic E-state index is -1.49. The molecule has 8 fully saturated rings. The highest BCUT2D eigenvalue weighted by Gasteiger charge is 2.85. The summed E-state index contributed by atoms with van der Waals surface area (Å²) in [5.41, 5.74) is -3.16. The molecule has 20 atom stereocenters. The SMILES string of the molecule is CC(=O)O[C@@H]1[C@@H](O[C@@H]2CC[C@]34C[C@]35CC[C@]3(C)[C@H]([C@]6(C)CC[C@@H](C(C)(C)O)O6)[C@@H](O)C[C@@]3(C)[C@@H]5C[C@H](O[C@@H]3OC[C@H](O)[C@H](O)[C@@H]3O)[C@H]4C2(C)C)OC[C@@H](O)[C@H]1OC(C)=O. The Morgan fingerprint density at radius 1 is 0.695 bits per heavy atom. The molecule has 3 heterocycles. The zero-order valence-electron chi connectivity index (χ0n) is 36.3. The number of esters is 2. The van der Waals surface area contributed by atoms with Gasteiger partial charge in [-0.15, -0.1) is 0 Å². The van der Waals surface area contributed by atoms with Crippen molar-refractivity contribution in [3.8, 4) is 0 Å². The fourth-order valence-corrected chi connectivity index (χ4v) is 15.2. The highest BCUT2D eigenvalue weighted by atomic mass is 16.7. The molecule has 0 bridgehead atoms. The molecule has 336 valence electrons. The first-order chi connectivity index (χ1) is 27.3. The van der Waals surface area contributed by atoms with Crippen molar-refractivity contribution in [3.05, 3.63) is 0 Å². The smallest absolute Gasteiger partial charge is 0.303 e. The summed E-state index contributed by atoms with van der Waals surface area (Å²) >= 11 is 0. The molecule has 8 aliphatic rings. The van der Waals surface area contributed by atoms with E-state index < -0.39 is 96.1 Å². The molecule has 8 rings (SSSR count). The molecular weight excluding hydrogens is 768 g/mol. The highest BCUT2D eigenvalue weighted by molar-refractivity contribution is 5.67.